The molecule has 3 rings (SSSR count). The van der Waals surface area contributed by atoms with Crippen LogP contribution in [0.3, 0.4) is 0 Å². The molecule has 1 amide bonds. The first-order valence-electron chi connectivity index (χ1n) is 6.56. The van der Waals surface area contributed by atoms with Gasteiger partial charge in [0, 0.05) is 19.1 Å². The van der Waals surface area contributed by atoms with E-state index in [4.69, 9.17) is 4.74 Å². The zero-order valence-corrected chi connectivity index (χ0v) is 11.7. The number of nitrogens with one attached hydrogen (secondary N) is 1. The SMILES string of the molecule is O=C(NC[C@@H]1CCO[C@H]1c1ccccc1)c1cnns1. The van der Waals surface area contributed by atoms with Gasteiger partial charge in [0.15, 0.2) is 0 Å². The Morgan fingerprint density at radius 1 is 1.40 bits per heavy atom. The van der Waals surface area contributed by atoms with Crippen LogP contribution < -0.4 is 5.32 Å². The number of amides is 1. The van der Waals surface area contributed by atoms with Crippen LogP contribution in [0.2, 0.25) is 0 Å². The van der Waals surface area contributed by atoms with Crippen molar-refractivity contribution in [3.8, 4) is 0 Å². The van der Waals surface area contributed by atoms with Crippen molar-refractivity contribution in [2.24, 2.45) is 5.92 Å². The van der Waals surface area contributed by atoms with Crippen molar-refractivity contribution in [2.75, 3.05) is 13.2 Å². The highest BCUT2D eigenvalue weighted by atomic mass is 32.1. The van der Waals surface area contributed by atoms with E-state index < -0.39 is 0 Å². The van der Waals surface area contributed by atoms with E-state index in [2.05, 4.69) is 27.0 Å². The van der Waals surface area contributed by atoms with Crippen LogP contribution >= 0.6 is 11.5 Å². The molecule has 1 aromatic carbocycles. The van der Waals surface area contributed by atoms with Crippen molar-refractivity contribution in [1.29, 1.82) is 0 Å². The summed E-state index contributed by atoms with van der Waals surface area (Å²) < 4.78 is 9.49. The predicted octanol–water partition coefficient (Wildman–Crippen LogP) is 2.05. The molecule has 5 nitrogen and oxygen atoms in total. The minimum Gasteiger partial charge on any atom is -0.373 e. The van der Waals surface area contributed by atoms with E-state index in [9.17, 15) is 4.79 Å². The smallest absolute Gasteiger partial charge is 0.264 e. The monoisotopic (exact) mass is 289 g/mol. The summed E-state index contributed by atoms with van der Waals surface area (Å²) in [5.41, 5.74) is 1.17. The summed E-state index contributed by atoms with van der Waals surface area (Å²) in [6.45, 7) is 1.35. The minimum absolute atomic E-state index is 0.0658. The molecule has 1 aliphatic rings. The lowest BCUT2D eigenvalue weighted by molar-refractivity contribution is 0.0848. The van der Waals surface area contributed by atoms with Crippen molar-refractivity contribution >= 4 is 17.4 Å². The second-order valence-electron chi connectivity index (χ2n) is 4.74. The molecule has 104 valence electrons. The highest BCUT2D eigenvalue weighted by molar-refractivity contribution is 7.07. The van der Waals surface area contributed by atoms with E-state index in [0.29, 0.717) is 17.3 Å². The zero-order chi connectivity index (χ0) is 13.8. The number of ether oxygens (including phenoxy) is 1. The Labute approximate surface area is 121 Å². The average molecular weight is 289 g/mol. The second-order valence-corrected chi connectivity index (χ2v) is 5.53. The van der Waals surface area contributed by atoms with Gasteiger partial charge in [-0.3, -0.25) is 4.79 Å². The Hall–Kier alpha value is -1.79. The number of carbonyl (C=O) groups is 1. The van der Waals surface area contributed by atoms with Gasteiger partial charge in [0.2, 0.25) is 0 Å². The maximum absolute atomic E-state index is 11.9. The van der Waals surface area contributed by atoms with Crippen molar-refractivity contribution in [3.63, 3.8) is 0 Å². The lowest BCUT2D eigenvalue weighted by Gasteiger charge is -2.19. The normalized spacial score (nSPS) is 21.8. The number of aromatic nitrogens is 2. The Morgan fingerprint density at radius 2 is 2.25 bits per heavy atom. The topological polar surface area (TPSA) is 64.1 Å². The summed E-state index contributed by atoms with van der Waals surface area (Å²) in [5.74, 6) is 0.195. The molecule has 0 aliphatic carbocycles. The van der Waals surface area contributed by atoms with Crippen molar-refractivity contribution < 1.29 is 9.53 Å². The van der Waals surface area contributed by atoms with Gasteiger partial charge in [0.25, 0.3) is 5.91 Å². The number of nitrogens with zero attached hydrogens (tertiary/aromatic N) is 2. The summed E-state index contributed by atoms with van der Waals surface area (Å²) in [6, 6.07) is 10.1. The van der Waals surface area contributed by atoms with Gasteiger partial charge in [-0.2, -0.15) is 0 Å². The van der Waals surface area contributed by atoms with E-state index in [1.54, 1.807) is 0 Å². The van der Waals surface area contributed by atoms with Crippen LogP contribution in [-0.4, -0.2) is 28.6 Å². The molecule has 0 bridgehead atoms. The average Bonchev–Trinajstić information content (AvgIpc) is 3.17. The van der Waals surface area contributed by atoms with Gasteiger partial charge in [-0.05, 0) is 23.5 Å². The van der Waals surface area contributed by atoms with Gasteiger partial charge in [-0.1, -0.05) is 34.8 Å². The van der Waals surface area contributed by atoms with Gasteiger partial charge >= 0.3 is 0 Å². The number of hydrogen-bond donors (Lipinski definition) is 1. The van der Waals surface area contributed by atoms with Crippen molar-refractivity contribution in [3.05, 3.63) is 47.0 Å². The molecular formula is C14H15N3O2S. The summed E-state index contributed by atoms with van der Waals surface area (Å²) in [4.78, 5) is 12.4. The van der Waals surface area contributed by atoms with Gasteiger partial charge in [-0.25, -0.2) is 0 Å². The number of carbonyl (C=O) groups excluding carboxylic acids is 1. The van der Waals surface area contributed by atoms with E-state index >= 15 is 0 Å². The van der Waals surface area contributed by atoms with Gasteiger partial charge in [0.1, 0.15) is 4.88 Å². The maximum Gasteiger partial charge on any atom is 0.264 e. The molecule has 2 aromatic rings. The summed E-state index contributed by atoms with van der Waals surface area (Å²) in [5, 5.41) is 6.61. The Kier molecular flexibility index (Phi) is 4.03. The first-order valence-corrected chi connectivity index (χ1v) is 7.34. The van der Waals surface area contributed by atoms with Crippen molar-refractivity contribution in [1.82, 2.24) is 14.9 Å². The number of benzene rings is 1. The largest absolute Gasteiger partial charge is 0.373 e. The molecule has 2 atom stereocenters. The van der Waals surface area contributed by atoms with Crippen LogP contribution in [-0.2, 0) is 4.74 Å². The third kappa shape index (κ3) is 2.86. The number of hydrogen-bond acceptors (Lipinski definition) is 5. The van der Waals surface area contributed by atoms with Crippen LogP contribution in [0, 0.1) is 5.92 Å². The fourth-order valence-corrected chi connectivity index (χ4v) is 2.86. The maximum atomic E-state index is 11.9. The first-order chi connectivity index (χ1) is 9.84. The molecule has 0 saturated carbocycles. The highest BCUT2D eigenvalue weighted by Crippen LogP contribution is 2.33. The third-order valence-corrected chi connectivity index (χ3v) is 4.12. The quantitative estimate of drug-likeness (QED) is 0.935. The van der Waals surface area contributed by atoms with Crippen molar-refractivity contribution in [2.45, 2.75) is 12.5 Å². The van der Waals surface area contributed by atoms with E-state index in [0.717, 1.165) is 24.6 Å². The van der Waals surface area contributed by atoms with Crippen LogP contribution in [0.15, 0.2) is 36.5 Å². The molecular weight excluding hydrogens is 274 g/mol. The lowest BCUT2D eigenvalue weighted by Crippen LogP contribution is -2.30. The molecule has 0 radical (unpaired) electrons. The standard InChI is InChI=1S/C14H15N3O2S/c18-14(12-9-16-17-20-12)15-8-11-6-7-19-13(11)10-4-2-1-3-5-10/h1-5,9,11,13H,6-8H2,(H,15,18)/t11-,13-/m0/s1. The van der Waals surface area contributed by atoms with E-state index in [-0.39, 0.29) is 12.0 Å². The molecule has 1 aromatic heterocycles. The van der Waals surface area contributed by atoms with Crippen LogP contribution in [0.25, 0.3) is 0 Å². The molecule has 1 saturated heterocycles. The third-order valence-electron chi connectivity index (χ3n) is 3.45. The van der Waals surface area contributed by atoms with Gasteiger partial charge in [0.05, 0.1) is 12.3 Å². The molecule has 1 N–H and O–H groups in total. The molecule has 6 heteroatoms. The Morgan fingerprint density at radius 3 is 3.00 bits per heavy atom. The Bertz CT molecular complexity index is 559. The minimum atomic E-state index is -0.112. The van der Waals surface area contributed by atoms with E-state index in [1.807, 2.05) is 18.2 Å². The van der Waals surface area contributed by atoms with E-state index in [1.165, 1.54) is 11.8 Å². The fraction of sp³-hybridized carbons (Fsp3) is 0.357. The summed E-state index contributed by atoms with van der Waals surface area (Å²) >= 11 is 1.11. The molecule has 2 heterocycles. The van der Waals surface area contributed by atoms with Crippen LogP contribution in [0.1, 0.15) is 27.8 Å². The van der Waals surface area contributed by atoms with Gasteiger partial charge in [-0.15, -0.1) is 5.10 Å². The van der Waals surface area contributed by atoms with Crippen LogP contribution in [0.4, 0.5) is 0 Å². The molecule has 0 spiro atoms. The predicted molar refractivity (Wildman–Crippen MR) is 75.5 cm³/mol. The highest BCUT2D eigenvalue weighted by Gasteiger charge is 2.29. The summed E-state index contributed by atoms with van der Waals surface area (Å²) in [7, 11) is 0. The molecule has 20 heavy (non-hydrogen) atoms. The Balaban J connectivity index is 1.61. The molecule has 1 fully saturated rings. The first kappa shape index (κ1) is 13.2. The van der Waals surface area contributed by atoms with Crippen LogP contribution in [0.5, 0.6) is 0 Å². The molecule has 0 unspecified atom stereocenters. The fourth-order valence-electron chi connectivity index (χ4n) is 2.43. The zero-order valence-electron chi connectivity index (χ0n) is 10.9. The summed E-state index contributed by atoms with van der Waals surface area (Å²) in [6.07, 6.45) is 2.51. The number of rotatable bonds is 4. The van der Waals surface area contributed by atoms with Gasteiger partial charge < -0.3 is 10.1 Å². The molecule has 1 aliphatic heterocycles. The second kappa shape index (κ2) is 6.11. The lowest BCUT2D eigenvalue weighted by atomic mass is 9.95.